The lowest BCUT2D eigenvalue weighted by Gasteiger charge is -2.13. The lowest BCUT2D eigenvalue weighted by molar-refractivity contribution is 0.281. The minimum absolute atomic E-state index is 0.411. The maximum atomic E-state index is 5.94. The van der Waals surface area contributed by atoms with Gasteiger partial charge in [0.1, 0.15) is 12.4 Å². The van der Waals surface area contributed by atoms with Gasteiger partial charge in [-0.25, -0.2) is 0 Å². The number of nitrogens with one attached hydrogen (secondary N) is 1. The molecule has 5 heteroatoms. The highest BCUT2D eigenvalue weighted by atomic mass is 16.5. The molecule has 28 heavy (non-hydrogen) atoms. The highest BCUT2D eigenvalue weighted by Gasteiger charge is 2.12. The fourth-order valence-electron chi connectivity index (χ4n) is 3.09. The monoisotopic (exact) mass is 380 g/mol. The Kier molecular flexibility index (Phi) is 7.09. The summed E-state index contributed by atoms with van der Waals surface area (Å²) in [5.41, 5.74) is 4.38. The summed E-state index contributed by atoms with van der Waals surface area (Å²) < 4.78 is 16.6. The SMILES string of the molecule is COc1cc(CNCCCc2ccccc2)ccc1OCc1c(C)noc1C. The van der Waals surface area contributed by atoms with E-state index in [4.69, 9.17) is 14.0 Å². The first-order valence-corrected chi connectivity index (χ1v) is 9.63. The van der Waals surface area contributed by atoms with Gasteiger partial charge < -0.3 is 19.3 Å². The Bertz CT molecular complexity index is 855. The van der Waals surface area contributed by atoms with E-state index in [0.29, 0.717) is 6.61 Å². The summed E-state index contributed by atoms with van der Waals surface area (Å²) in [4.78, 5) is 0. The maximum absolute atomic E-state index is 5.94. The van der Waals surface area contributed by atoms with Crippen LogP contribution in [0.25, 0.3) is 0 Å². The predicted molar refractivity (Wildman–Crippen MR) is 110 cm³/mol. The third-order valence-corrected chi connectivity index (χ3v) is 4.77. The maximum Gasteiger partial charge on any atom is 0.161 e. The highest BCUT2D eigenvalue weighted by Crippen LogP contribution is 2.29. The molecule has 0 radical (unpaired) electrons. The molecule has 0 saturated heterocycles. The van der Waals surface area contributed by atoms with E-state index in [2.05, 4.69) is 46.9 Å². The van der Waals surface area contributed by atoms with Crippen molar-refractivity contribution in [3.63, 3.8) is 0 Å². The highest BCUT2D eigenvalue weighted by molar-refractivity contribution is 5.43. The third kappa shape index (κ3) is 5.36. The van der Waals surface area contributed by atoms with Crippen molar-refractivity contribution < 1.29 is 14.0 Å². The molecule has 2 aromatic carbocycles. The molecule has 5 nitrogen and oxygen atoms in total. The minimum atomic E-state index is 0.411. The zero-order valence-corrected chi connectivity index (χ0v) is 16.8. The van der Waals surface area contributed by atoms with Gasteiger partial charge in [-0.3, -0.25) is 0 Å². The molecular formula is C23H28N2O3. The summed E-state index contributed by atoms with van der Waals surface area (Å²) in [6.45, 7) is 5.99. The number of aromatic nitrogens is 1. The Hall–Kier alpha value is -2.79. The van der Waals surface area contributed by atoms with Gasteiger partial charge in [0, 0.05) is 6.54 Å². The van der Waals surface area contributed by atoms with Crippen molar-refractivity contribution >= 4 is 0 Å². The first-order chi connectivity index (χ1) is 13.7. The van der Waals surface area contributed by atoms with Crippen LogP contribution in [0.1, 0.15) is 34.6 Å². The van der Waals surface area contributed by atoms with Gasteiger partial charge in [0.15, 0.2) is 11.5 Å². The van der Waals surface area contributed by atoms with E-state index in [-0.39, 0.29) is 0 Å². The van der Waals surface area contributed by atoms with E-state index >= 15 is 0 Å². The van der Waals surface area contributed by atoms with Crippen molar-refractivity contribution in [3.8, 4) is 11.5 Å². The van der Waals surface area contributed by atoms with Crippen molar-refractivity contribution in [1.82, 2.24) is 10.5 Å². The second-order valence-electron chi connectivity index (χ2n) is 6.84. The number of nitrogens with zero attached hydrogens (tertiary/aromatic N) is 1. The lowest BCUT2D eigenvalue weighted by Crippen LogP contribution is -2.15. The van der Waals surface area contributed by atoms with Gasteiger partial charge in [0.05, 0.1) is 18.4 Å². The Balaban J connectivity index is 1.48. The van der Waals surface area contributed by atoms with Crippen molar-refractivity contribution in [2.75, 3.05) is 13.7 Å². The van der Waals surface area contributed by atoms with Crippen LogP contribution in [0, 0.1) is 13.8 Å². The predicted octanol–water partition coefficient (Wildman–Crippen LogP) is 4.60. The van der Waals surface area contributed by atoms with Crippen LogP contribution in [0.5, 0.6) is 11.5 Å². The number of hydrogen-bond acceptors (Lipinski definition) is 5. The van der Waals surface area contributed by atoms with Gasteiger partial charge in [-0.1, -0.05) is 41.6 Å². The molecular weight excluding hydrogens is 352 g/mol. The fraction of sp³-hybridized carbons (Fsp3) is 0.348. The molecule has 0 atom stereocenters. The van der Waals surface area contributed by atoms with Crippen LogP contribution in [0.2, 0.25) is 0 Å². The van der Waals surface area contributed by atoms with E-state index in [0.717, 1.165) is 54.4 Å². The van der Waals surface area contributed by atoms with E-state index in [1.54, 1.807) is 7.11 Å². The van der Waals surface area contributed by atoms with Crippen molar-refractivity contribution in [2.24, 2.45) is 0 Å². The average Bonchev–Trinajstić information content (AvgIpc) is 3.05. The van der Waals surface area contributed by atoms with Gasteiger partial charge in [-0.2, -0.15) is 0 Å². The molecule has 0 aliphatic carbocycles. The van der Waals surface area contributed by atoms with Gasteiger partial charge >= 0.3 is 0 Å². The summed E-state index contributed by atoms with van der Waals surface area (Å²) in [5.74, 6) is 2.23. The average molecular weight is 380 g/mol. The molecule has 1 aromatic heterocycles. The Labute approximate surface area is 166 Å². The molecule has 0 saturated carbocycles. The molecule has 3 aromatic rings. The Morgan fingerprint density at radius 2 is 1.82 bits per heavy atom. The molecule has 0 spiro atoms. The van der Waals surface area contributed by atoms with Gasteiger partial charge in [-0.15, -0.1) is 0 Å². The van der Waals surface area contributed by atoms with Crippen molar-refractivity contribution in [3.05, 3.63) is 76.7 Å². The molecule has 0 unspecified atom stereocenters. The van der Waals surface area contributed by atoms with E-state index in [1.807, 2.05) is 26.0 Å². The smallest absolute Gasteiger partial charge is 0.161 e. The topological polar surface area (TPSA) is 56.5 Å². The van der Waals surface area contributed by atoms with E-state index < -0.39 is 0 Å². The van der Waals surface area contributed by atoms with Crippen LogP contribution in [0.15, 0.2) is 53.1 Å². The largest absolute Gasteiger partial charge is 0.493 e. The Morgan fingerprint density at radius 3 is 2.54 bits per heavy atom. The first kappa shape index (κ1) is 20.0. The van der Waals surface area contributed by atoms with Crippen LogP contribution >= 0.6 is 0 Å². The zero-order chi connectivity index (χ0) is 19.8. The van der Waals surface area contributed by atoms with Crippen molar-refractivity contribution in [1.29, 1.82) is 0 Å². The number of aryl methyl sites for hydroxylation is 3. The third-order valence-electron chi connectivity index (χ3n) is 4.77. The van der Waals surface area contributed by atoms with Crippen LogP contribution in [-0.2, 0) is 19.6 Å². The number of benzene rings is 2. The van der Waals surface area contributed by atoms with Crippen LogP contribution in [0.4, 0.5) is 0 Å². The molecule has 1 N–H and O–H groups in total. The molecule has 3 rings (SSSR count). The Morgan fingerprint density at radius 1 is 1.00 bits per heavy atom. The summed E-state index contributed by atoms with van der Waals surface area (Å²) in [5, 5.41) is 7.45. The number of methoxy groups -OCH3 is 1. The van der Waals surface area contributed by atoms with Crippen LogP contribution in [-0.4, -0.2) is 18.8 Å². The molecule has 0 bridgehead atoms. The standard InChI is InChI=1S/C23H28N2O3/c1-17-21(18(2)28-25-17)16-27-22-12-11-20(14-23(22)26-3)15-24-13-7-10-19-8-5-4-6-9-19/h4-6,8-9,11-12,14,24H,7,10,13,15-16H2,1-3H3. The molecule has 0 aliphatic heterocycles. The summed E-state index contributed by atoms with van der Waals surface area (Å²) in [6, 6.07) is 16.6. The zero-order valence-electron chi connectivity index (χ0n) is 16.8. The summed E-state index contributed by atoms with van der Waals surface area (Å²) in [7, 11) is 1.66. The molecule has 148 valence electrons. The molecule has 1 heterocycles. The van der Waals surface area contributed by atoms with E-state index in [9.17, 15) is 0 Å². The minimum Gasteiger partial charge on any atom is -0.493 e. The lowest BCUT2D eigenvalue weighted by atomic mass is 10.1. The van der Waals surface area contributed by atoms with Crippen molar-refractivity contribution in [2.45, 2.75) is 39.8 Å². The van der Waals surface area contributed by atoms with Crippen LogP contribution in [0.3, 0.4) is 0 Å². The fourth-order valence-corrected chi connectivity index (χ4v) is 3.09. The van der Waals surface area contributed by atoms with E-state index in [1.165, 1.54) is 11.1 Å². The summed E-state index contributed by atoms with van der Waals surface area (Å²) in [6.07, 6.45) is 2.20. The molecule has 0 aliphatic rings. The first-order valence-electron chi connectivity index (χ1n) is 9.63. The van der Waals surface area contributed by atoms with Gasteiger partial charge in [0.25, 0.3) is 0 Å². The number of rotatable bonds is 10. The second kappa shape index (κ2) is 9.95. The molecule has 0 amide bonds. The quantitative estimate of drug-likeness (QED) is 0.521. The van der Waals surface area contributed by atoms with Gasteiger partial charge in [0.2, 0.25) is 0 Å². The number of hydrogen-bond donors (Lipinski definition) is 1. The van der Waals surface area contributed by atoms with Crippen LogP contribution < -0.4 is 14.8 Å². The second-order valence-corrected chi connectivity index (χ2v) is 6.84. The van der Waals surface area contributed by atoms with Gasteiger partial charge in [-0.05, 0) is 56.5 Å². The normalized spacial score (nSPS) is 10.8. The summed E-state index contributed by atoms with van der Waals surface area (Å²) >= 11 is 0. The molecule has 0 fully saturated rings. The number of ether oxygens (including phenoxy) is 2.